The van der Waals surface area contributed by atoms with Gasteiger partial charge in [0.05, 0.1) is 12.1 Å². The molecular weight excluding hydrogens is 382 g/mol. The van der Waals surface area contributed by atoms with E-state index in [1.54, 1.807) is 4.90 Å². The Bertz CT molecular complexity index is 1360. The third-order valence-electron chi connectivity index (χ3n) is 6.07. The van der Waals surface area contributed by atoms with Gasteiger partial charge in [-0.15, -0.1) is 6.42 Å². The van der Waals surface area contributed by atoms with Crippen LogP contribution in [0.15, 0.2) is 72.3 Å². The highest BCUT2D eigenvalue weighted by atomic mass is 16.2. The van der Waals surface area contributed by atoms with Gasteiger partial charge in [0.1, 0.15) is 0 Å². The number of rotatable bonds is 4. The van der Waals surface area contributed by atoms with Gasteiger partial charge in [0.2, 0.25) is 0 Å². The van der Waals surface area contributed by atoms with Gasteiger partial charge in [-0.2, -0.15) is 0 Å². The number of hydrogen-bond acceptors (Lipinski definition) is 2. The van der Waals surface area contributed by atoms with Gasteiger partial charge in [0.25, 0.3) is 5.91 Å². The number of nitrogens with zero attached hydrogens (tertiary/aromatic N) is 1. The number of ketones is 1. The van der Waals surface area contributed by atoms with Gasteiger partial charge < -0.3 is 4.90 Å². The molecular formula is C28H21NO2. The van der Waals surface area contributed by atoms with Crippen LogP contribution in [-0.4, -0.2) is 29.2 Å². The lowest BCUT2D eigenvalue weighted by Gasteiger charge is -2.25. The summed E-state index contributed by atoms with van der Waals surface area (Å²) in [5.74, 6) is 2.03. The molecule has 0 N–H and O–H groups in total. The molecule has 0 radical (unpaired) electrons. The van der Waals surface area contributed by atoms with Crippen molar-refractivity contribution in [2.24, 2.45) is 0 Å². The average molecular weight is 403 g/mol. The molecule has 150 valence electrons. The fourth-order valence-corrected chi connectivity index (χ4v) is 4.71. The number of carbonyl (C=O) groups is 2. The number of amides is 1. The van der Waals surface area contributed by atoms with E-state index in [0.29, 0.717) is 5.57 Å². The minimum absolute atomic E-state index is 0.117. The van der Waals surface area contributed by atoms with Crippen LogP contribution >= 0.6 is 0 Å². The topological polar surface area (TPSA) is 37.4 Å². The molecule has 31 heavy (non-hydrogen) atoms. The van der Waals surface area contributed by atoms with Crippen molar-refractivity contribution in [1.82, 2.24) is 4.90 Å². The Morgan fingerprint density at radius 3 is 2.16 bits per heavy atom. The normalized spacial score (nSPS) is 14.5. The minimum atomic E-state index is -0.304. The quantitative estimate of drug-likeness (QED) is 0.456. The Morgan fingerprint density at radius 1 is 0.903 bits per heavy atom. The molecule has 0 saturated heterocycles. The monoisotopic (exact) mass is 403 g/mol. The number of benzene rings is 3. The summed E-state index contributed by atoms with van der Waals surface area (Å²) in [6.45, 7) is 3.99. The molecule has 0 unspecified atom stereocenters. The highest BCUT2D eigenvalue weighted by Crippen LogP contribution is 2.54. The molecule has 0 heterocycles. The van der Waals surface area contributed by atoms with Crippen LogP contribution in [0, 0.1) is 12.3 Å². The van der Waals surface area contributed by atoms with Crippen molar-refractivity contribution in [3.05, 3.63) is 89.0 Å². The molecule has 3 nitrogen and oxygen atoms in total. The fourth-order valence-electron chi connectivity index (χ4n) is 4.71. The van der Waals surface area contributed by atoms with Gasteiger partial charge >= 0.3 is 0 Å². The van der Waals surface area contributed by atoms with Crippen LogP contribution in [0.2, 0.25) is 0 Å². The summed E-state index contributed by atoms with van der Waals surface area (Å²) in [6, 6.07) is 21.6. The number of terminal acetylenes is 1. The van der Waals surface area contributed by atoms with E-state index in [9.17, 15) is 9.59 Å². The van der Waals surface area contributed by atoms with Gasteiger partial charge in [-0.05, 0) is 41.3 Å². The predicted octanol–water partition coefficient (Wildman–Crippen LogP) is 4.97. The summed E-state index contributed by atoms with van der Waals surface area (Å²) in [5.41, 5.74) is 5.18. The maximum Gasteiger partial charge on any atom is 0.259 e. The van der Waals surface area contributed by atoms with E-state index in [2.05, 4.69) is 18.1 Å². The Morgan fingerprint density at radius 2 is 1.55 bits per heavy atom. The van der Waals surface area contributed by atoms with Gasteiger partial charge in [-0.3, -0.25) is 9.59 Å². The summed E-state index contributed by atoms with van der Waals surface area (Å²) in [6.07, 6.45) is 5.54. The summed E-state index contributed by atoms with van der Waals surface area (Å²) >= 11 is 0. The number of allylic oxidation sites excluding steroid dienone is 3. The Balaban J connectivity index is 1.83. The number of fused-ring (bicyclic) bond motifs is 3. The highest BCUT2D eigenvalue weighted by Gasteiger charge is 2.43. The molecule has 1 amide bonds. The molecule has 0 saturated carbocycles. The van der Waals surface area contributed by atoms with E-state index in [4.69, 9.17) is 6.42 Å². The Labute approximate surface area is 181 Å². The first-order chi connectivity index (χ1) is 15.0. The molecule has 0 atom stereocenters. The van der Waals surface area contributed by atoms with Crippen LogP contribution in [0.25, 0.3) is 27.5 Å². The third kappa shape index (κ3) is 2.69. The number of carbonyl (C=O) groups excluding carboxylic acids is 2. The molecule has 2 aliphatic rings. The van der Waals surface area contributed by atoms with E-state index < -0.39 is 0 Å². The SMILES string of the molecule is C#CCN(C(=O)C1=C2C(=C(c3ccccc3)C1=O)c1cccc3cccc2c13)C(C)C. The maximum atomic E-state index is 13.8. The van der Waals surface area contributed by atoms with Crippen LogP contribution in [0.3, 0.4) is 0 Å². The molecule has 0 fully saturated rings. The van der Waals surface area contributed by atoms with Crippen molar-refractivity contribution >= 4 is 39.2 Å². The van der Waals surface area contributed by atoms with Crippen molar-refractivity contribution in [2.45, 2.75) is 19.9 Å². The first-order valence-corrected chi connectivity index (χ1v) is 10.4. The summed E-state index contributed by atoms with van der Waals surface area (Å²) in [4.78, 5) is 29.1. The largest absolute Gasteiger partial charge is 0.325 e. The van der Waals surface area contributed by atoms with E-state index in [1.165, 1.54) is 0 Å². The lowest BCUT2D eigenvalue weighted by atomic mass is 9.95. The zero-order valence-electron chi connectivity index (χ0n) is 17.5. The lowest BCUT2D eigenvalue weighted by Crippen LogP contribution is -2.39. The molecule has 5 rings (SSSR count). The van der Waals surface area contributed by atoms with Crippen LogP contribution in [0.1, 0.15) is 30.5 Å². The zero-order chi connectivity index (χ0) is 21.7. The van der Waals surface area contributed by atoms with Gasteiger partial charge in [-0.1, -0.05) is 72.7 Å². The minimum Gasteiger partial charge on any atom is -0.325 e. The second kappa shape index (κ2) is 7.11. The van der Waals surface area contributed by atoms with E-state index >= 15 is 0 Å². The zero-order valence-corrected chi connectivity index (χ0v) is 17.5. The first-order valence-electron chi connectivity index (χ1n) is 10.4. The third-order valence-corrected chi connectivity index (χ3v) is 6.07. The van der Waals surface area contributed by atoms with Crippen molar-refractivity contribution in [3.8, 4) is 12.3 Å². The molecule has 3 aromatic carbocycles. The molecule has 0 aliphatic heterocycles. The van der Waals surface area contributed by atoms with Crippen molar-refractivity contribution in [2.75, 3.05) is 6.54 Å². The second-order valence-electron chi connectivity index (χ2n) is 8.14. The number of Topliss-reactive ketones (excluding diaryl/α,β-unsaturated/α-hetero) is 1. The maximum absolute atomic E-state index is 13.8. The van der Waals surface area contributed by atoms with E-state index in [0.717, 1.165) is 38.6 Å². The first kappa shape index (κ1) is 19.1. The summed E-state index contributed by atoms with van der Waals surface area (Å²) < 4.78 is 0. The van der Waals surface area contributed by atoms with Crippen molar-refractivity contribution in [3.63, 3.8) is 0 Å². The fraction of sp³-hybridized carbons (Fsp3) is 0.143. The molecule has 0 spiro atoms. The summed E-state index contributed by atoms with van der Waals surface area (Å²) in [7, 11) is 0. The number of hydrogen-bond donors (Lipinski definition) is 0. The predicted molar refractivity (Wildman–Crippen MR) is 125 cm³/mol. The van der Waals surface area contributed by atoms with E-state index in [-0.39, 0.29) is 29.9 Å². The molecule has 0 aromatic heterocycles. The van der Waals surface area contributed by atoms with Crippen LogP contribution < -0.4 is 0 Å². The van der Waals surface area contributed by atoms with Crippen LogP contribution in [0.5, 0.6) is 0 Å². The Hall–Kier alpha value is -3.90. The Kier molecular flexibility index (Phi) is 4.38. The standard InChI is InChI=1S/C28H21NO2/c1-4-16-29(17(2)3)28(31)26-25-21-15-9-13-18-12-8-14-20(22(18)21)24(25)23(27(26)30)19-10-6-5-7-11-19/h1,5-15,17H,16H2,2-3H3. The van der Waals surface area contributed by atoms with Crippen molar-refractivity contribution in [1.29, 1.82) is 0 Å². The van der Waals surface area contributed by atoms with Crippen LogP contribution in [-0.2, 0) is 9.59 Å². The molecule has 3 heteroatoms. The van der Waals surface area contributed by atoms with Gasteiger partial charge in [-0.25, -0.2) is 0 Å². The lowest BCUT2D eigenvalue weighted by molar-refractivity contribution is -0.129. The smallest absolute Gasteiger partial charge is 0.259 e. The second-order valence-corrected chi connectivity index (χ2v) is 8.14. The van der Waals surface area contributed by atoms with Gasteiger partial charge in [0.15, 0.2) is 5.78 Å². The molecule has 0 bridgehead atoms. The highest BCUT2D eigenvalue weighted by molar-refractivity contribution is 6.56. The van der Waals surface area contributed by atoms with Crippen molar-refractivity contribution < 1.29 is 9.59 Å². The molecule has 3 aromatic rings. The van der Waals surface area contributed by atoms with Gasteiger partial charge in [0, 0.05) is 22.8 Å². The molecule has 2 aliphatic carbocycles. The van der Waals surface area contributed by atoms with E-state index in [1.807, 2.05) is 68.4 Å². The average Bonchev–Trinajstić information content (AvgIpc) is 3.25. The van der Waals surface area contributed by atoms with Crippen LogP contribution in [0.4, 0.5) is 0 Å². The summed E-state index contributed by atoms with van der Waals surface area (Å²) in [5, 5.41) is 2.19.